The Morgan fingerprint density at radius 2 is 1.91 bits per heavy atom. The SMILES string of the molecule is C[N-]/C(=C\C(=N)C(=N)c1cc(OC2(C)CC2)c(F)cc1N)N1CCN(C(N)/C(C)=N\O)CC1.[K+]. The number of benzene rings is 1. The van der Waals surface area contributed by atoms with E-state index in [1.807, 2.05) is 16.7 Å². The zero-order chi connectivity index (χ0) is 24.3. The summed E-state index contributed by atoms with van der Waals surface area (Å²) in [5.41, 5.74) is 12.2. The quantitative estimate of drug-likeness (QED) is 0.0997. The van der Waals surface area contributed by atoms with Gasteiger partial charge in [0.15, 0.2) is 11.6 Å². The third-order valence-electron chi connectivity index (χ3n) is 6.07. The first kappa shape index (κ1) is 28.7. The fraction of sp³-hybridized carbons (Fsp3) is 0.500. The molecule has 0 aromatic heterocycles. The molecule has 180 valence electrons. The minimum atomic E-state index is -0.582. The van der Waals surface area contributed by atoms with Gasteiger partial charge in [0.25, 0.3) is 0 Å². The third-order valence-corrected chi connectivity index (χ3v) is 6.07. The van der Waals surface area contributed by atoms with Gasteiger partial charge in [-0.15, -0.1) is 0 Å². The van der Waals surface area contributed by atoms with E-state index in [1.165, 1.54) is 12.1 Å². The summed E-state index contributed by atoms with van der Waals surface area (Å²) < 4.78 is 20.1. The average Bonchev–Trinajstić information content (AvgIpc) is 3.54. The van der Waals surface area contributed by atoms with Crippen molar-refractivity contribution in [1.29, 1.82) is 10.8 Å². The molecule has 0 radical (unpaired) electrons. The topological polar surface area (TPSA) is 162 Å². The van der Waals surface area contributed by atoms with Gasteiger partial charge in [-0.1, -0.05) is 18.0 Å². The van der Waals surface area contributed by atoms with Crippen LogP contribution in [0.1, 0.15) is 32.3 Å². The Labute approximate surface area is 242 Å². The maximum atomic E-state index is 14.3. The summed E-state index contributed by atoms with van der Waals surface area (Å²) in [7, 11) is 1.62. The van der Waals surface area contributed by atoms with Crippen molar-refractivity contribution in [2.24, 2.45) is 10.9 Å². The molecule has 1 saturated carbocycles. The van der Waals surface area contributed by atoms with Crippen LogP contribution in [-0.4, -0.2) is 77.1 Å². The predicted octanol–water partition coefficient (Wildman–Crippen LogP) is -0.672. The largest absolute Gasteiger partial charge is 1.00 e. The number of nitrogens with one attached hydrogen (secondary N) is 2. The fourth-order valence-corrected chi connectivity index (χ4v) is 3.60. The number of nitrogen functional groups attached to an aromatic ring is 1. The monoisotopic (exact) mass is 498 g/mol. The summed E-state index contributed by atoms with van der Waals surface area (Å²) >= 11 is 0. The number of piperazine rings is 1. The van der Waals surface area contributed by atoms with Gasteiger partial charge < -0.3 is 31.6 Å². The van der Waals surface area contributed by atoms with E-state index >= 15 is 0 Å². The van der Waals surface area contributed by atoms with Crippen molar-refractivity contribution in [3.63, 3.8) is 0 Å². The summed E-state index contributed by atoms with van der Waals surface area (Å²) in [6.45, 7) is 6.01. The van der Waals surface area contributed by atoms with Crippen molar-refractivity contribution < 1.29 is 65.7 Å². The molecule has 1 aliphatic carbocycles. The molecule has 7 N–H and O–H groups in total. The zero-order valence-electron chi connectivity index (χ0n) is 20.2. The smallest absolute Gasteiger partial charge is 0.484 e. The summed E-state index contributed by atoms with van der Waals surface area (Å²) in [6, 6.07) is 2.53. The van der Waals surface area contributed by atoms with Crippen LogP contribution in [0.25, 0.3) is 5.32 Å². The molecular formula is C22H32FKN8O2. The molecule has 2 fully saturated rings. The van der Waals surface area contributed by atoms with Gasteiger partial charge in [-0.2, -0.15) is 0 Å². The third kappa shape index (κ3) is 6.77. The molecule has 0 bridgehead atoms. The molecular weight excluding hydrogens is 466 g/mol. The average molecular weight is 499 g/mol. The Balaban J connectivity index is 0.00000408. The molecule has 1 aromatic rings. The molecule has 0 amide bonds. The number of hydrogen-bond donors (Lipinski definition) is 5. The standard InChI is InChI=1S/C22H32FN8O2.K/c1-13(29-32)21(27)31-8-6-30(7-9-31)19(28-3)12-17(25)20(26)14-10-18(15(23)11-16(14)24)33-22(2)4-5-22;/h10-12,21,25-26,32H,4-9,24,27H2,1-3H3;/q-1;+1/b19-12+,25-17?,26-20?,29-13-;. The summed E-state index contributed by atoms with van der Waals surface area (Å²) in [5.74, 6) is 0.00419. The molecule has 12 heteroatoms. The van der Waals surface area contributed by atoms with Crippen LogP contribution in [0, 0.1) is 16.6 Å². The number of allylic oxidation sites excluding steroid dienone is 1. The maximum Gasteiger partial charge on any atom is 1.00 e. The van der Waals surface area contributed by atoms with Gasteiger partial charge in [-0.05, 0) is 65.0 Å². The summed E-state index contributed by atoms with van der Waals surface area (Å²) in [6.07, 6.45) is 2.72. The molecule has 1 aliphatic heterocycles. The molecule has 2 aliphatic rings. The first-order chi connectivity index (χ1) is 15.6. The fourth-order valence-electron chi connectivity index (χ4n) is 3.60. The van der Waals surface area contributed by atoms with Crippen molar-refractivity contribution in [2.45, 2.75) is 38.5 Å². The Kier molecular flexibility index (Phi) is 10.1. The van der Waals surface area contributed by atoms with Crippen molar-refractivity contribution in [1.82, 2.24) is 9.80 Å². The van der Waals surface area contributed by atoms with Crippen LogP contribution in [0.5, 0.6) is 5.75 Å². The number of rotatable bonds is 9. The Morgan fingerprint density at radius 3 is 2.44 bits per heavy atom. The number of hydrogen-bond acceptors (Lipinski definition) is 9. The number of halogens is 1. The van der Waals surface area contributed by atoms with Crippen molar-refractivity contribution >= 4 is 22.8 Å². The van der Waals surface area contributed by atoms with Gasteiger partial charge in [0, 0.05) is 17.3 Å². The number of nitrogens with zero attached hydrogens (tertiary/aromatic N) is 4. The Morgan fingerprint density at radius 1 is 1.29 bits per heavy atom. The van der Waals surface area contributed by atoms with E-state index in [-0.39, 0.29) is 85.4 Å². The molecule has 1 aromatic carbocycles. The van der Waals surface area contributed by atoms with Crippen LogP contribution in [0.2, 0.25) is 0 Å². The van der Waals surface area contributed by atoms with E-state index in [0.29, 0.717) is 37.7 Å². The number of anilines is 1. The molecule has 1 heterocycles. The molecule has 34 heavy (non-hydrogen) atoms. The maximum absolute atomic E-state index is 14.3. The van der Waals surface area contributed by atoms with Crippen molar-refractivity contribution in [2.75, 3.05) is 39.0 Å². The molecule has 0 spiro atoms. The number of nitrogens with two attached hydrogens (primary N) is 2. The normalized spacial score (nSPS) is 19.1. The summed E-state index contributed by atoms with van der Waals surface area (Å²) in [5, 5.41) is 33.3. The van der Waals surface area contributed by atoms with Gasteiger partial charge >= 0.3 is 51.4 Å². The van der Waals surface area contributed by atoms with Crippen LogP contribution < -0.4 is 67.6 Å². The first-order valence-electron chi connectivity index (χ1n) is 10.8. The molecule has 1 atom stereocenters. The zero-order valence-corrected chi connectivity index (χ0v) is 23.4. The van der Waals surface area contributed by atoms with E-state index in [9.17, 15) is 4.39 Å². The minimum absolute atomic E-state index is 0. The second-order valence-corrected chi connectivity index (χ2v) is 8.65. The van der Waals surface area contributed by atoms with Gasteiger partial charge in [0.05, 0.1) is 17.1 Å². The molecule has 10 nitrogen and oxygen atoms in total. The van der Waals surface area contributed by atoms with Crippen molar-refractivity contribution in [3.8, 4) is 5.75 Å². The second kappa shape index (κ2) is 11.9. The van der Waals surface area contributed by atoms with Crippen LogP contribution in [0.3, 0.4) is 0 Å². The van der Waals surface area contributed by atoms with E-state index in [1.54, 1.807) is 14.0 Å². The van der Waals surface area contributed by atoms with E-state index < -0.39 is 12.0 Å². The van der Waals surface area contributed by atoms with E-state index in [0.717, 1.165) is 18.9 Å². The van der Waals surface area contributed by atoms with E-state index in [4.69, 9.17) is 32.2 Å². The van der Waals surface area contributed by atoms with Crippen LogP contribution >= 0.6 is 0 Å². The van der Waals surface area contributed by atoms with Crippen LogP contribution in [0.15, 0.2) is 29.2 Å². The Bertz CT molecular complexity index is 987. The molecule has 3 rings (SSSR count). The second-order valence-electron chi connectivity index (χ2n) is 8.65. The number of oxime groups is 1. The molecule has 1 unspecified atom stereocenters. The Hall–Kier alpha value is -1.54. The van der Waals surface area contributed by atoms with E-state index in [2.05, 4.69) is 10.5 Å². The number of ether oxygens (including phenoxy) is 1. The summed E-state index contributed by atoms with van der Waals surface area (Å²) in [4.78, 5) is 3.99. The van der Waals surface area contributed by atoms with Gasteiger partial charge in [-0.25, -0.2) is 4.39 Å². The van der Waals surface area contributed by atoms with Crippen LogP contribution in [0.4, 0.5) is 10.1 Å². The van der Waals surface area contributed by atoms with Gasteiger partial charge in [0.1, 0.15) is 11.8 Å². The van der Waals surface area contributed by atoms with Crippen molar-refractivity contribution in [3.05, 3.63) is 40.7 Å². The van der Waals surface area contributed by atoms with Gasteiger partial charge in [0.2, 0.25) is 0 Å². The first-order valence-corrected chi connectivity index (χ1v) is 10.8. The molecule has 1 saturated heterocycles. The van der Waals surface area contributed by atoms with Crippen LogP contribution in [-0.2, 0) is 0 Å². The minimum Gasteiger partial charge on any atom is -0.484 e. The van der Waals surface area contributed by atoms with Gasteiger partial charge in [-0.3, -0.25) is 15.7 Å². The predicted molar refractivity (Wildman–Crippen MR) is 127 cm³/mol.